The van der Waals surface area contributed by atoms with Crippen LogP contribution in [0.1, 0.15) is 27.7 Å². The van der Waals surface area contributed by atoms with Gasteiger partial charge in [-0.15, -0.1) is 0 Å². The lowest BCUT2D eigenvalue weighted by molar-refractivity contribution is 0.00578. The Morgan fingerprint density at radius 2 is 0.541 bits per heavy atom. The number of fused-ring (bicyclic) bond motifs is 13. The maximum Gasteiger partial charge on any atom is 0.494 e. The number of hydrogen-bond acceptors (Lipinski definition) is 6. The van der Waals surface area contributed by atoms with Crippen LogP contribution in [0.2, 0.25) is 0 Å². The van der Waals surface area contributed by atoms with Crippen LogP contribution in [0.15, 0.2) is 319 Å². The van der Waals surface area contributed by atoms with Gasteiger partial charge in [-0.05, 0) is 189 Å². The van der Waals surface area contributed by atoms with Crippen molar-refractivity contribution in [2.45, 2.75) is 38.9 Å². The zero-order valence-electron chi connectivity index (χ0n) is 53.8. The van der Waals surface area contributed by atoms with E-state index in [1.54, 1.807) is 24.3 Å². The van der Waals surface area contributed by atoms with Gasteiger partial charge in [-0.2, -0.15) is 0 Å². The Labute approximate surface area is 580 Å². The van der Waals surface area contributed by atoms with E-state index in [2.05, 4.69) is 292 Å². The van der Waals surface area contributed by atoms with Crippen LogP contribution in [-0.2, 0) is 9.31 Å². The summed E-state index contributed by atoms with van der Waals surface area (Å²) in [5, 5.41) is 9.85. The highest BCUT2D eigenvalue weighted by molar-refractivity contribution is 9.10. The van der Waals surface area contributed by atoms with E-state index in [1.807, 2.05) is 48.5 Å². The molecule has 0 saturated carbocycles. The first-order valence-electron chi connectivity index (χ1n) is 32.7. The van der Waals surface area contributed by atoms with E-state index in [0.717, 1.165) is 53.7 Å². The molecule has 0 radical (unpaired) electrons. The van der Waals surface area contributed by atoms with Crippen LogP contribution < -0.4 is 16.3 Å². The van der Waals surface area contributed by atoms with Crippen molar-refractivity contribution in [2.75, 3.05) is 0 Å². The summed E-state index contributed by atoms with van der Waals surface area (Å²) in [6, 6.07) is 99.6. The maximum atomic E-state index is 13.7. The summed E-state index contributed by atoms with van der Waals surface area (Å²) in [6.45, 7) is 8.33. The molecule has 18 aromatic rings. The number of benzene rings is 13. The Morgan fingerprint density at radius 3 is 0.847 bits per heavy atom. The van der Waals surface area contributed by atoms with E-state index in [9.17, 15) is 9.59 Å². The summed E-state index contributed by atoms with van der Waals surface area (Å²) >= 11 is 6.73. The van der Waals surface area contributed by atoms with Crippen molar-refractivity contribution in [3.8, 4) is 39.3 Å². The molecule has 13 aromatic carbocycles. The largest absolute Gasteiger partial charge is 0.494 e. The molecule has 12 heteroatoms. The molecule has 0 aliphatic carbocycles. The third kappa shape index (κ3) is 10.5. The minimum atomic E-state index is -0.336. The standard InChI is InChI=1S/C49H30N2O2.C24H24BNO2.C13H6Br2O2/c52-49-41-27-21-33(31-17-23-35(24-18-31)50-43-13-5-1-9-37(43)38-10-2-6-14-44(38)50)29-47(41)53-48-30-34(22-28-42(48)49)32-19-25-36(26-20-32)51-45-15-7-3-11-39(45)40-12-4-8-16-46(40)51;1-23(2)24(3,4)28-25(27-23)17-13-15-18(16-14-17)26-21-11-7-5-9-19(21)20-10-6-8-12-22(20)26;14-7-1-3-9-11(5-7)17-12-6-8(15)2-4-10(12)13(9)16/h1-30H;5-16H,1-4H3;1-6H. The highest BCUT2D eigenvalue weighted by Crippen LogP contribution is 2.39. The Hall–Kier alpha value is -10.9. The molecule has 0 N–H and O–H groups in total. The van der Waals surface area contributed by atoms with Gasteiger partial charge in [-0.3, -0.25) is 9.59 Å². The monoisotopic (exact) mass is 1400 g/mol. The molecule has 1 saturated heterocycles. The minimum Gasteiger partial charge on any atom is -0.456 e. The van der Waals surface area contributed by atoms with Gasteiger partial charge in [0.05, 0.1) is 65.8 Å². The third-order valence-corrected chi connectivity index (χ3v) is 20.6. The normalized spacial score (nSPS) is 13.6. The van der Waals surface area contributed by atoms with E-state index in [-0.39, 0.29) is 29.2 Å². The van der Waals surface area contributed by atoms with Crippen LogP contribution in [0.25, 0.3) is 149 Å². The second kappa shape index (κ2) is 24.0. The fourth-order valence-corrected chi connectivity index (χ4v) is 14.7. The van der Waals surface area contributed by atoms with Gasteiger partial charge in [-0.1, -0.05) is 190 Å². The number of nitrogens with zero attached hydrogens (tertiary/aromatic N) is 3. The number of halogens is 2. The van der Waals surface area contributed by atoms with Gasteiger partial charge >= 0.3 is 7.12 Å². The Kier molecular flexibility index (Phi) is 14.9. The molecule has 472 valence electrons. The van der Waals surface area contributed by atoms with Crippen LogP contribution in [0.3, 0.4) is 0 Å². The van der Waals surface area contributed by atoms with Crippen molar-refractivity contribution < 1.29 is 18.1 Å². The Bertz CT molecular complexity index is 5890. The Morgan fingerprint density at radius 1 is 0.286 bits per heavy atom. The predicted molar refractivity (Wildman–Crippen MR) is 411 cm³/mol. The molecule has 6 heterocycles. The third-order valence-electron chi connectivity index (χ3n) is 19.6. The van der Waals surface area contributed by atoms with Crippen molar-refractivity contribution in [1.82, 2.24) is 13.7 Å². The molecule has 0 amide bonds. The smallest absolute Gasteiger partial charge is 0.456 e. The molecule has 19 rings (SSSR count). The van der Waals surface area contributed by atoms with Gasteiger partial charge in [0, 0.05) is 58.3 Å². The summed E-state index contributed by atoms with van der Waals surface area (Å²) < 4.78 is 33.3. The summed E-state index contributed by atoms with van der Waals surface area (Å²) in [5.41, 5.74) is 17.3. The average molecular weight is 1400 g/mol. The number of rotatable bonds is 6. The number of hydrogen-bond donors (Lipinski definition) is 0. The molecule has 5 aromatic heterocycles. The Balaban J connectivity index is 0.000000132. The topological polar surface area (TPSA) is 93.7 Å². The molecule has 0 bridgehead atoms. The summed E-state index contributed by atoms with van der Waals surface area (Å²) in [4.78, 5) is 25.9. The molecule has 0 spiro atoms. The number of para-hydroxylation sites is 6. The highest BCUT2D eigenvalue weighted by Gasteiger charge is 2.51. The summed E-state index contributed by atoms with van der Waals surface area (Å²) in [5.74, 6) is 0. The second-order valence-corrected chi connectivity index (χ2v) is 27.8. The lowest BCUT2D eigenvalue weighted by atomic mass is 9.79. The van der Waals surface area contributed by atoms with Crippen LogP contribution in [0.4, 0.5) is 0 Å². The molecule has 1 aliphatic heterocycles. The maximum absolute atomic E-state index is 13.7. The molecule has 0 unspecified atom stereocenters. The predicted octanol–water partition coefficient (Wildman–Crippen LogP) is 22.0. The lowest BCUT2D eigenvalue weighted by Crippen LogP contribution is -2.41. The van der Waals surface area contributed by atoms with E-state index in [0.29, 0.717) is 43.9 Å². The molecular weight excluding hydrogens is 1340 g/mol. The zero-order chi connectivity index (χ0) is 66.6. The summed E-state index contributed by atoms with van der Waals surface area (Å²) in [6.07, 6.45) is 0. The van der Waals surface area contributed by atoms with Gasteiger partial charge in [0.15, 0.2) is 0 Å². The van der Waals surface area contributed by atoms with Crippen LogP contribution in [0, 0.1) is 0 Å². The molecule has 9 nitrogen and oxygen atoms in total. The second-order valence-electron chi connectivity index (χ2n) is 25.9. The van der Waals surface area contributed by atoms with Gasteiger partial charge in [0.1, 0.15) is 22.3 Å². The van der Waals surface area contributed by atoms with Crippen molar-refractivity contribution in [1.29, 1.82) is 0 Å². The first-order valence-corrected chi connectivity index (χ1v) is 34.2. The molecule has 0 atom stereocenters. The van der Waals surface area contributed by atoms with Gasteiger partial charge in [-0.25, -0.2) is 0 Å². The van der Waals surface area contributed by atoms with Crippen LogP contribution in [-0.4, -0.2) is 32.0 Å². The molecule has 1 fully saturated rings. The van der Waals surface area contributed by atoms with E-state index < -0.39 is 0 Å². The fourth-order valence-electron chi connectivity index (χ4n) is 14.0. The zero-order valence-corrected chi connectivity index (χ0v) is 57.0. The van der Waals surface area contributed by atoms with Crippen molar-refractivity contribution >= 4 is 154 Å². The fraction of sp³-hybridized carbons (Fsp3) is 0.0698. The van der Waals surface area contributed by atoms with Crippen molar-refractivity contribution in [2.24, 2.45) is 0 Å². The highest BCUT2D eigenvalue weighted by atomic mass is 79.9. The van der Waals surface area contributed by atoms with Gasteiger partial charge < -0.3 is 31.8 Å². The van der Waals surface area contributed by atoms with E-state index in [1.165, 1.54) is 65.4 Å². The van der Waals surface area contributed by atoms with Gasteiger partial charge in [0.2, 0.25) is 10.9 Å². The lowest BCUT2D eigenvalue weighted by Gasteiger charge is -2.32. The molecule has 98 heavy (non-hydrogen) atoms. The van der Waals surface area contributed by atoms with E-state index in [4.69, 9.17) is 18.1 Å². The quantitative estimate of drug-likeness (QED) is 0.122. The van der Waals surface area contributed by atoms with Gasteiger partial charge in [0.25, 0.3) is 0 Å². The van der Waals surface area contributed by atoms with E-state index >= 15 is 0 Å². The van der Waals surface area contributed by atoms with Crippen molar-refractivity contribution in [3.05, 3.63) is 321 Å². The van der Waals surface area contributed by atoms with Crippen molar-refractivity contribution in [3.63, 3.8) is 0 Å². The van der Waals surface area contributed by atoms with Crippen LogP contribution >= 0.6 is 31.9 Å². The first-order chi connectivity index (χ1) is 47.7. The van der Waals surface area contributed by atoms with Crippen LogP contribution in [0.5, 0.6) is 0 Å². The average Bonchev–Trinajstić information content (AvgIpc) is 1.47. The minimum absolute atomic E-state index is 0.00116. The number of aromatic nitrogens is 3. The molecule has 1 aliphatic rings. The first kappa shape index (κ1) is 60.8. The molecular formula is C86H60BBr2N3O6. The SMILES string of the molecule is CC1(C)OB(c2ccc(-n3c4ccccc4c4ccccc43)cc2)OC1(C)C.O=c1c2ccc(-c3ccc(-n4c5ccccc5c5ccccc54)cc3)cc2oc2cc(-c3ccc(-n4c5ccccc5c5ccccc54)cc3)ccc12.O=c1c2ccc(Br)cc2oc2cc(Br)ccc12. The summed E-state index contributed by atoms with van der Waals surface area (Å²) in [7, 11) is -0.336.